The average molecular weight is 324 g/mol. The smallest absolute Gasteiger partial charge is 0.245 e. The first-order chi connectivity index (χ1) is 8.84. The van der Waals surface area contributed by atoms with Crippen LogP contribution in [0, 0.1) is 0 Å². The lowest BCUT2D eigenvalue weighted by Crippen LogP contribution is -2.55. The van der Waals surface area contributed by atoms with Gasteiger partial charge in [0.05, 0.1) is 5.02 Å². The van der Waals surface area contributed by atoms with Gasteiger partial charge in [0.25, 0.3) is 0 Å². The molecule has 0 saturated carbocycles. The minimum atomic E-state index is -3.82. The standard InChI is InChI=1S/C10H11Cl2N3O3S/c1-6-10(16)13-2-3-15(6)19(17,18)7-4-8(11)9(12)14-5-7/h4-6H,2-3H2,1H3,(H,13,16). The van der Waals surface area contributed by atoms with E-state index in [-0.39, 0.29) is 34.1 Å². The van der Waals surface area contributed by atoms with E-state index >= 15 is 0 Å². The highest BCUT2D eigenvalue weighted by atomic mass is 35.5. The predicted molar refractivity (Wildman–Crippen MR) is 70.6 cm³/mol. The van der Waals surface area contributed by atoms with Gasteiger partial charge in [-0.15, -0.1) is 0 Å². The van der Waals surface area contributed by atoms with E-state index in [9.17, 15) is 13.2 Å². The molecule has 0 bridgehead atoms. The highest BCUT2D eigenvalue weighted by Crippen LogP contribution is 2.25. The molecule has 2 heterocycles. The Kier molecular flexibility index (Phi) is 4.00. The number of rotatable bonds is 2. The summed E-state index contributed by atoms with van der Waals surface area (Å²) in [4.78, 5) is 15.2. The van der Waals surface area contributed by atoms with Gasteiger partial charge in [-0.25, -0.2) is 13.4 Å². The molecule has 6 nitrogen and oxygen atoms in total. The Morgan fingerprint density at radius 3 is 2.79 bits per heavy atom. The number of sulfonamides is 1. The number of nitrogens with zero attached hydrogens (tertiary/aromatic N) is 2. The molecule has 19 heavy (non-hydrogen) atoms. The molecule has 1 atom stereocenters. The van der Waals surface area contributed by atoms with Crippen molar-refractivity contribution in [3.63, 3.8) is 0 Å². The van der Waals surface area contributed by atoms with Crippen molar-refractivity contribution in [1.29, 1.82) is 0 Å². The molecule has 1 aliphatic heterocycles. The van der Waals surface area contributed by atoms with Crippen molar-refractivity contribution >= 4 is 39.1 Å². The molecule has 0 aliphatic carbocycles. The summed E-state index contributed by atoms with van der Waals surface area (Å²) in [5.74, 6) is -0.331. The van der Waals surface area contributed by atoms with Crippen LogP contribution in [0.25, 0.3) is 0 Å². The number of hydrogen-bond acceptors (Lipinski definition) is 4. The van der Waals surface area contributed by atoms with Crippen molar-refractivity contribution in [1.82, 2.24) is 14.6 Å². The zero-order chi connectivity index (χ0) is 14.2. The summed E-state index contributed by atoms with van der Waals surface area (Å²) in [5, 5.41) is 2.68. The van der Waals surface area contributed by atoms with Gasteiger partial charge in [0.2, 0.25) is 15.9 Å². The molecule has 1 aromatic rings. The molecule has 1 N–H and O–H groups in total. The van der Waals surface area contributed by atoms with Crippen LogP contribution < -0.4 is 5.32 Å². The number of hydrogen-bond donors (Lipinski definition) is 1. The van der Waals surface area contributed by atoms with Crippen LogP contribution >= 0.6 is 23.2 Å². The minimum absolute atomic E-state index is 0.0325. The second kappa shape index (κ2) is 5.24. The summed E-state index contributed by atoms with van der Waals surface area (Å²) in [5.41, 5.74) is 0. The Bertz CT molecular complexity index is 620. The Morgan fingerprint density at radius 1 is 1.47 bits per heavy atom. The van der Waals surface area contributed by atoms with Crippen LogP contribution in [-0.4, -0.2) is 42.7 Å². The Balaban J connectivity index is 2.41. The van der Waals surface area contributed by atoms with E-state index in [1.807, 2.05) is 0 Å². The first kappa shape index (κ1) is 14.5. The fourth-order valence-corrected chi connectivity index (χ4v) is 3.67. The van der Waals surface area contributed by atoms with Gasteiger partial charge >= 0.3 is 0 Å². The van der Waals surface area contributed by atoms with Crippen molar-refractivity contribution in [2.24, 2.45) is 0 Å². The lowest BCUT2D eigenvalue weighted by molar-refractivity contribution is -0.126. The summed E-state index contributed by atoms with van der Waals surface area (Å²) in [6, 6.07) is 0.457. The minimum Gasteiger partial charge on any atom is -0.353 e. The molecule has 9 heteroatoms. The van der Waals surface area contributed by atoms with E-state index < -0.39 is 16.1 Å². The van der Waals surface area contributed by atoms with Crippen LogP contribution in [0.15, 0.2) is 17.2 Å². The normalized spacial score (nSPS) is 21.2. The first-order valence-electron chi connectivity index (χ1n) is 5.44. The molecule has 1 unspecified atom stereocenters. The summed E-state index contributed by atoms with van der Waals surface area (Å²) < 4.78 is 25.9. The third kappa shape index (κ3) is 2.69. The maximum Gasteiger partial charge on any atom is 0.245 e. The molecule has 0 spiro atoms. The zero-order valence-electron chi connectivity index (χ0n) is 9.93. The van der Waals surface area contributed by atoms with E-state index in [0.717, 1.165) is 10.5 Å². The Morgan fingerprint density at radius 2 is 2.16 bits per heavy atom. The number of carbonyl (C=O) groups excluding carboxylic acids is 1. The highest BCUT2D eigenvalue weighted by molar-refractivity contribution is 7.89. The molecular formula is C10H11Cl2N3O3S. The fourth-order valence-electron chi connectivity index (χ4n) is 1.77. The number of amides is 1. The molecule has 1 saturated heterocycles. The van der Waals surface area contributed by atoms with Crippen LogP contribution in [0.3, 0.4) is 0 Å². The van der Waals surface area contributed by atoms with E-state index in [0.29, 0.717) is 0 Å². The fraction of sp³-hybridized carbons (Fsp3) is 0.400. The molecular weight excluding hydrogens is 313 g/mol. The second-order valence-electron chi connectivity index (χ2n) is 4.03. The summed E-state index contributed by atoms with van der Waals surface area (Å²) in [7, 11) is -3.82. The highest BCUT2D eigenvalue weighted by Gasteiger charge is 2.35. The Hall–Kier alpha value is -0.890. The molecule has 1 amide bonds. The summed E-state index contributed by atoms with van der Waals surface area (Å²) >= 11 is 11.4. The quantitative estimate of drug-likeness (QED) is 0.820. The number of halogens is 2. The largest absolute Gasteiger partial charge is 0.353 e. The van der Waals surface area contributed by atoms with Crippen molar-refractivity contribution in [2.45, 2.75) is 17.9 Å². The molecule has 104 valence electrons. The van der Waals surface area contributed by atoms with Gasteiger partial charge in [-0.3, -0.25) is 4.79 Å². The van der Waals surface area contributed by atoms with E-state index in [2.05, 4.69) is 10.3 Å². The van der Waals surface area contributed by atoms with Crippen LogP contribution in [0.1, 0.15) is 6.92 Å². The third-order valence-electron chi connectivity index (χ3n) is 2.82. The maximum atomic E-state index is 12.4. The predicted octanol–water partition coefficient (Wildman–Crippen LogP) is 0.897. The molecule has 1 fully saturated rings. The number of piperazine rings is 1. The molecule has 0 radical (unpaired) electrons. The molecule has 1 aliphatic rings. The van der Waals surface area contributed by atoms with Gasteiger partial charge in [-0.1, -0.05) is 23.2 Å². The van der Waals surface area contributed by atoms with Gasteiger partial charge in [-0.05, 0) is 13.0 Å². The Labute approximate surface area is 120 Å². The zero-order valence-corrected chi connectivity index (χ0v) is 12.3. The number of carbonyl (C=O) groups is 1. The van der Waals surface area contributed by atoms with E-state index in [4.69, 9.17) is 23.2 Å². The van der Waals surface area contributed by atoms with Gasteiger partial charge in [0.1, 0.15) is 16.1 Å². The monoisotopic (exact) mass is 323 g/mol. The average Bonchev–Trinajstić information content (AvgIpc) is 2.35. The van der Waals surface area contributed by atoms with Crippen molar-refractivity contribution in [2.75, 3.05) is 13.1 Å². The summed E-state index contributed by atoms with van der Waals surface area (Å²) in [6.45, 7) is 2.00. The van der Waals surface area contributed by atoms with Gasteiger partial charge < -0.3 is 5.32 Å². The van der Waals surface area contributed by atoms with Crippen LogP contribution in [0.4, 0.5) is 0 Å². The van der Waals surface area contributed by atoms with Gasteiger partial charge in [0.15, 0.2) is 0 Å². The van der Waals surface area contributed by atoms with Crippen molar-refractivity contribution < 1.29 is 13.2 Å². The second-order valence-corrected chi connectivity index (χ2v) is 6.68. The maximum absolute atomic E-state index is 12.4. The van der Waals surface area contributed by atoms with Crippen LogP contribution in [0.2, 0.25) is 10.2 Å². The molecule has 2 rings (SSSR count). The molecule has 0 aromatic carbocycles. The van der Waals surface area contributed by atoms with E-state index in [1.54, 1.807) is 0 Å². The van der Waals surface area contributed by atoms with Gasteiger partial charge in [0, 0.05) is 19.3 Å². The number of aromatic nitrogens is 1. The third-order valence-corrected chi connectivity index (χ3v) is 5.44. The first-order valence-corrected chi connectivity index (χ1v) is 7.64. The number of pyridine rings is 1. The van der Waals surface area contributed by atoms with Crippen molar-refractivity contribution in [3.8, 4) is 0 Å². The summed E-state index contributed by atoms with van der Waals surface area (Å²) in [6.07, 6.45) is 1.13. The van der Waals surface area contributed by atoms with Crippen LogP contribution in [-0.2, 0) is 14.8 Å². The van der Waals surface area contributed by atoms with Gasteiger partial charge in [-0.2, -0.15) is 4.31 Å². The topological polar surface area (TPSA) is 79.4 Å². The lowest BCUT2D eigenvalue weighted by Gasteiger charge is -2.31. The van der Waals surface area contributed by atoms with Crippen molar-refractivity contribution in [3.05, 3.63) is 22.4 Å². The van der Waals surface area contributed by atoms with E-state index in [1.165, 1.54) is 13.0 Å². The number of nitrogens with one attached hydrogen (secondary N) is 1. The van der Waals surface area contributed by atoms with Crippen LogP contribution in [0.5, 0.6) is 0 Å². The SMILES string of the molecule is CC1C(=O)NCCN1S(=O)(=O)c1cnc(Cl)c(Cl)c1. The lowest BCUT2D eigenvalue weighted by atomic mass is 10.2. The molecule has 1 aromatic heterocycles.